The molecule has 0 saturated heterocycles. The second-order valence-electron chi connectivity index (χ2n) is 10.2. The average molecular weight is 477 g/mol. The van der Waals surface area contributed by atoms with E-state index >= 15 is 0 Å². The number of hydrogen-bond donors (Lipinski definition) is 3. The van der Waals surface area contributed by atoms with Gasteiger partial charge < -0.3 is 21.1 Å². The van der Waals surface area contributed by atoms with Crippen LogP contribution in [0, 0.1) is 12.8 Å². The van der Waals surface area contributed by atoms with Crippen LogP contribution in [0.2, 0.25) is 0 Å². The van der Waals surface area contributed by atoms with E-state index in [9.17, 15) is 9.59 Å². The van der Waals surface area contributed by atoms with Gasteiger partial charge in [-0.15, -0.1) is 0 Å². The molecule has 1 heterocycles. The first-order chi connectivity index (χ1) is 16.5. The van der Waals surface area contributed by atoms with Crippen LogP contribution < -0.4 is 16.4 Å². The zero-order valence-electron chi connectivity index (χ0n) is 21.5. The largest absolute Gasteiger partial charge is 0.444 e. The maximum atomic E-state index is 12.5. The molecule has 4 N–H and O–H groups in total. The van der Waals surface area contributed by atoms with Gasteiger partial charge in [-0.25, -0.2) is 4.79 Å². The van der Waals surface area contributed by atoms with Gasteiger partial charge >= 0.3 is 6.09 Å². The third-order valence-electron chi connectivity index (χ3n) is 5.39. The van der Waals surface area contributed by atoms with Crippen molar-refractivity contribution in [3.05, 3.63) is 59.3 Å². The maximum Gasteiger partial charge on any atom is 0.407 e. The van der Waals surface area contributed by atoms with Crippen molar-refractivity contribution in [3.8, 4) is 11.1 Å². The highest BCUT2D eigenvalue weighted by Gasteiger charge is 2.21. The zero-order valence-corrected chi connectivity index (χ0v) is 21.5. The highest BCUT2D eigenvalue weighted by atomic mass is 16.6. The van der Waals surface area contributed by atoms with Gasteiger partial charge in [0.25, 0.3) is 0 Å². The van der Waals surface area contributed by atoms with Gasteiger partial charge in [0, 0.05) is 28.9 Å². The van der Waals surface area contributed by atoms with Crippen LogP contribution in [-0.4, -0.2) is 29.1 Å². The Balaban J connectivity index is 2.21. The number of amides is 2. The first-order valence-electron chi connectivity index (χ1n) is 12.0. The van der Waals surface area contributed by atoms with Crippen LogP contribution in [0.1, 0.15) is 51.4 Å². The molecule has 1 aromatic heterocycles. The van der Waals surface area contributed by atoms with Crippen molar-refractivity contribution in [2.75, 3.05) is 11.9 Å². The second-order valence-corrected chi connectivity index (χ2v) is 10.2. The fraction of sp³-hybridized carbons (Fsp3) is 0.393. The quantitative estimate of drug-likeness (QED) is 0.427. The minimum absolute atomic E-state index is 0.0977. The Kier molecular flexibility index (Phi) is 8.12. The highest BCUT2D eigenvalue weighted by Crippen LogP contribution is 2.35. The number of nitrogens with two attached hydrogens (primary N) is 1. The molecule has 3 aromatic rings. The number of fused-ring (bicyclic) bond motifs is 1. The molecule has 0 unspecified atom stereocenters. The Bertz CT molecular complexity index is 1210. The van der Waals surface area contributed by atoms with Crippen LogP contribution in [0.15, 0.2) is 42.5 Å². The highest BCUT2D eigenvalue weighted by molar-refractivity contribution is 6.01. The van der Waals surface area contributed by atoms with Crippen molar-refractivity contribution in [2.45, 2.75) is 60.1 Å². The van der Waals surface area contributed by atoms with Crippen molar-refractivity contribution < 1.29 is 14.3 Å². The molecule has 0 saturated carbocycles. The first kappa shape index (κ1) is 26.2. The Morgan fingerprint density at radius 2 is 1.77 bits per heavy atom. The fourth-order valence-electron chi connectivity index (χ4n) is 3.91. The van der Waals surface area contributed by atoms with Crippen LogP contribution in [0.3, 0.4) is 0 Å². The first-order valence-corrected chi connectivity index (χ1v) is 12.0. The van der Waals surface area contributed by atoms with Crippen molar-refractivity contribution in [1.29, 1.82) is 0 Å². The Hall–Kier alpha value is -3.45. The van der Waals surface area contributed by atoms with Gasteiger partial charge in [-0.1, -0.05) is 43.7 Å². The molecule has 7 nitrogen and oxygen atoms in total. The minimum atomic E-state index is -0.595. The van der Waals surface area contributed by atoms with Gasteiger partial charge in [0.15, 0.2) is 0 Å². The lowest BCUT2D eigenvalue weighted by Gasteiger charge is -2.22. The molecule has 2 aromatic carbocycles. The second kappa shape index (κ2) is 10.9. The smallest absolute Gasteiger partial charge is 0.407 e. The Morgan fingerprint density at radius 3 is 2.37 bits per heavy atom. The van der Waals surface area contributed by atoms with E-state index in [1.165, 1.54) is 0 Å². The molecular formula is C28H36N4O3. The standard InChI is InChI=1S/C28H36N4O3/c1-17(2)13-24-22(16-30-27(34)35-28(4,5)6)26(19-9-7-18(3)8-10-19)21-14-20(31-25(33)15-29)11-12-23(21)32-24/h7-12,14,17H,13,15-16,29H2,1-6H3,(H,30,34)(H,31,33). The van der Waals surface area contributed by atoms with Crippen LogP contribution >= 0.6 is 0 Å². The zero-order chi connectivity index (χ0) is 25.8. The summed E-state index contributed by atoms with van der Waals surface area (Å²) < 4.78 is 5.47. The number of carbonyl (C=O) groups is 2. The van der Waals surface area contributed by atoms with E-state index in [0.29, 0.717) is 11.6 Å². The summed E-state index contributed by atoms with van der Waals surface area (Å²) in [5.74, 6) is 0.103. The number of aryl methyl sites for hydroxylation is 1. The summed E-state index contributed by atoms with van der Waals surface area (Å²) in [4.78, 5) is 29.4. The minimum Gasteiger partial charge on any atom is -0.444 e. The number of ether oxygens (including phenoxy) is 1. The summed E-state index contributed by atoms with van der Waals surface area (Å²) in [6, 6.07) is 13.9. The van der Waals surface area contributed by atoms with E-state index in [0.717, 1.165) is 45.3 Å². The van der Waals surface area contributed by atoms with E-state index in [1.54, 1.807) is 0 Å². The summed E-state index contributed by atoms with van der Waals surface area (Å²) in [5, 5.41) is 6.64. The number of carbonyl (C=O) groups excluding carboxylic acids is 2. The summed E-state index contributed by atoms with van der Waals surface area (Å²) in [6.45, 7) is 12.0. The number of anilines is 1. The van der Waals surface area contributed by atoms with Gasteiger partial charge in [-0.05, 0) is 69.4 Å². The van der Waals surface area contributed by atoms with Gasteiger partial charge in [-0.3, -0.25) is 9.78 Å². The lowest BCUT2D eigenvalue weighted by molar-refractivity contribution is -0.114. The molecule has 2 amide bonds. The summed E-state index contributed by atoms with van der Waals surface area (Å²) in [7, 11) is 0. The van der Waals surface area contributed by atoms with Crippen molar-refractivity contribution >= 4 is 28.6 Å². The fourth-order valence-corrected chi connectivity index (χ4v) is 3.91. The Labute approximate surface area is 207 Å². The lowest BCUT2D eigenvalue weighted by atomic mass is 9.91. The number of rotatable bonds is 7. The third kappa shape index (κ3) is 7.02. The predicted octanol–water partition coefficient (Wildman–Crippen LogP) is 5.33. The van der Waals surface area contributed by atoms with Crippen LogP contribution in [0.5, 0.6) is 0 Å². The third-order valence-corrected chi connectivity index (χ3v) is 5.39. The number of nitrogens with zero attached hydrogens (tertiary/aromatic N) is 1. The molecule has 0 aliphatic carbocycles. The number of alkyl carbamates (subject to hydrolysis) is 1. The molecule has 0 fully saturated rings. The lowest BCUT2D eigenvalue weighted by Crippen LogP contribution is -2.32. The number of aromatic nitrogens is 1. The number of hydrogen-bond acceptors (Lipinski definition) is 5. The Morgan fingerprint density at radius 1 is 1.09 bits per heavy atom. The van der Waals surface area contributed by atoms with Gasteiger partial charge in [0.2, 0.25) is 5.91 Å². The van der Waals surface area contributed by atoms with Crippen molar-refractivity contribution in [2.24, 2.45) is 11.7 Å². The SMILES string of the molecule is Cc1ccc(-c2c(CNC(=O)OC(C)(C)C)c(CC(C)C)nc3ccc(NC(=O)CN)cc23)cc1. The van der Waals surface area contributed by atoms with E-state index < -0.39 is 11.7 Å². The molecule has 0 aliphatic heterocycles. The molecule has 0 spiro atoms. The van der Waals surface area contributed by atoms with Gasteiger partial charge in [0.05, 0.1) is 12.1 Å². The molecule has 186 valence electrons. The van der Waals surface area contributed by atoms with E-state index in [1.807, 2.05) is 45.9 Å². The summed E-state index contributed by atoms with van der Waals surface area (Å²) in [5.41, 5.74) is 11.4. The molecule has 0 bridgehead atoms. The monoisotopic (exact) mass is 476 g/mol. The van der Waals surface area contributed by atoms with Gasteiger partial charge in [-0.2, -0.15) is 0 Å². The van der Waals surface area contributed by atoms with E-state index in [-0.39, 0.29) is 19.0 Å². The molecule has 0 aliphatic rings. The molecule has 0 atom stereocenters. The molecule has 3 rings (SSSR count). The van der Waals surface area contributed by atoms with Crippen LogP contribution in [0.25, 0.3) is 22.0 Å². The normalized spacial score (nSPS) is 11.5. The van der Waals surface area contributed by atoms with Gasteiger partial charge in [0.1, 0.15) is 5.60 Å². The summed E-state index contributed by atoms with van der Waals surface area (Å²) in [6.07, 6.45) is 0.276. The topological polar surface area (TPSA) is 106 Å². The predicted molar refractivity (Wildman–Crippen MR) is 141 cm³/mol. The maximum absolute atomic E-state index is 12.5. The van der Waals surface area contributed by atoms with Crippen molar-refractivity contribution in [3.63, 3.8) is 0 Å². The number of nitrogens with one attached hydrogen (secondary N) is 2. The number of benzene rings is 2. The molecule has 7 heteroatoms. The van der Waals surface area contributed by atoms with E-state index in [4.69, 9.17) is 15.5 Å². The van der Waals surface area contributed by atoms with Crippen LogP contribution in [-0.2, 0) is 22.5 Å². The molecule has 0 radical (unpaired) electrons. The van der Waals surface area contributed by atoms with Crippen LogP contribution in [0.4, 0.5) is 10.5 Å². The molecule has 35 heavy (non-hydrogen) atoms. The molecular weight excluding hydrogens is 440 g/mol. The average Bonchev–Trinajstić information content (AvgIpc) is 2.76. The van der Waals surface area contributed by atoms with E-state index in [2.05, 4.69) is 48.7 Å². The summed E-state index contributed by atoms with van der Waals surface area (Å²) >= 11 is 0. The number of pyridine rings is 1. The van der Waals surface area contributed by atoms with Crippen molar-refractivity contribution in [1.82, 2.24) is 10.3 Å².